The molecule has 0 spiro atoms. The Hall–Kier alpha value is -2.39. The van der Waals surface area contributed by atoms with Crippen LogP contribution in [0.2, 0.25) is 0 Å². The molecule has 0 N–H and O–H groups in total. The zero-order chi connectivity index (χ0) is 17.9. The summed E-state index contributed by atoms with van der Waals surface area (Å²) in [5.74, 6) is 1.04. The summed E-state index contributed by atoms with van der Waals surface area (Å²) >= 11 is 0. The molecule has 3 heteroatoms. The van der Waals surface area contributed by atoms with Crippen LogP contribution in [-0.4, -0.2) is 29.1 Å². The van der Waals surface area contributed by atoms with E-state index >= 15 is 0 Å². The summed E-state index contributed by atoms with van der Waals surface area (Å²) in [7, 11) is 0. The van der Waals surface area contributed by atoms with E-state index in [9.17, 15) is 0 Å². The van der Waals surface area contributed by atoms with E-state index in [2.05, 4.69) is 66.2 Å². The van der Waals surface area contributed by atoms with Gasteiger partial charge in [-0.05, 0) is 55.5 Å². The van der Waals surface area contributed by atoms with Crippen molar-refractivity contribution in [3.8, 4) is 5.75 Å². The quantitative estimate of drug-likeness (QED) is 0.672. The largest absolute Gasteiger partial charge is 0.490 e. The Morgan fingerprint density at radius 3 is 2.69 bits per heavy atom. The van der Waals surface area contributed by atoms with E-state index in [0.29, 0.717) is 6.10 Å². The highest BCUT2D eigenvalue weighted by Crippen LogP contribution is 2.25. The van der Waals surface area contributed by atoms with Crippen molar-refractivity contribution in [2.24, 2.45) is 0 Å². The van der Waals surface area contributed by atoms with Gasteiger partial charge in [-0.25, -0.2) is 0 Å². The van der Waals surface area contributed by atoms with Crippen molar-refractivity contribution in [3.05, 3.63) is 71.4 Å². The lowest BCUT2D eigenvalue weighted by atomic mass is 10.0. The standard InChI is InChI=1S/C23H26N2O/c1-17-8-9-18(2)22(15-17)26-21-10-13-25(14-11-21)16-20-6-3-5-19-7-4-12-24-23(19)20/h3-9,12,15,21H,10-11,13-14,16H2,1-2H3. The Balaban J connectivity index is 1.38. The van der Waals surface area contributed by atoms with E-state index in [1.807, 2.05) is 12.3 Å². The minimum Gasteiger partial charge on any atom is -0.490 e. The molecule has 3 nitrogen and oxygen atoms in total. The van der Waals surface area contributed by atoms with Crippen LogP contribution in [0.3, 0.4) is 0 Å². The molecule has 0 saturated carbocycles. The van der Waals surface area contributed by atoms with Crippen molar-refractivity contribution < 1.29 is 4.74 Å². The molecule has 0 unspecified atom stereocenters. The fourth-order valence-corrected chi connectivity index (χ4v) is 3.73. The fourth-order valence-electron chi connectivity index (χ4n) is 3.73. The molecule has 2 heterocycles. The lowest BCUT2D eigenvalue weighted by Crippen LogP contribution is -2.37. The zero-order valence-electron chi connectivity index (χ0n) is 15.6. The molecule has 0 bridgehead atoms. The molecule has 4 rings (SSSR count). The summed E-state index contributed by atoms with van der Waals surface area (Å²) < 4.78 is 6.30. The van der Waals surface area contributed by atoms with Gasteiger partial charge < -0.3 is 4.74 Å². The van der Waals surface area contributed by atoms with E-state index in [1.54, 1.807) is 0 Å². The van der Waals surface area contributed by atoms with E-state index < -0.39 is 0 Å². The highest BCUT2D eigenvalue weighted by Gasteiger charge is 2.21. The number of hydrogen-bond donors (Lipinski definition) is 0. The summed E-state index contributed by atoms with van der Waals surface area (Å²) in [6.45, 7) is 7.34. The van der Waals surface area contributed by atoms with Crippen LogP contribution in [0.15, 0.2) is 54.7 Å². The Kier molecular flexibility index (Phi) is 4.89. The molecule has 1 saturated heterocycles. The van der Waals surface area contributed by atoms with Crippen LogP contribution in [0.1, 0.15) is 29.5 Å². The van der Waals surface area contributed by atoms with Crippen LogP contribution < -0.4 is 4.74 Å². The second-order valence-electron chi connectivity index (χ2n) is 7.35. The number of para-hydroxylation sites is 1. The lowest BCUT2D eigenvalue weighted by Gasteiger charge is -2.32. The van der Waals surface area contributed by atoms with Gasteiger partial charge in [0.2, 0.25) is 0 Å². The van der Waals surface area contributed by atoms with Gasteiger partial charge >= 0.3 is 0 Å². The number of hydrogen-bond acceptors (Lipinski definition) is 3. The second-order valence-corrected chi connectivity index (χ2v) is 7.35. The van der Waals surface area contributed by atoms with Crippen molar-refractivity contribution in [2.75, 3.05) is 13.1 Å². The molecule has 3 aromatic rings. The average Bonchev–Trinajstić information content (AvgIpc) is 2.67. The first-order valence-electron chi connectivity index (χ1n) is 9.48. The van der Waals surface area contributed by atoms with Gasteiger partial charge in [0.1, 0.15) is 11.9 Å². The summed E-state index contributed by atoms with van der Waals surface area (Å²) in [4.78, 5) is 7.10. The predicted molar refractivity (Wildman–Crippen MR) is 107 cm³/mol. The maximum Gasteiger partial charge on any atom is 0.122 e. The van der Waals surface area contributed by atoms with Gasteiger partial charge in [0.05, 0.1) is 5.52 Å². The highest BCUT2D eigenvalue weighted by atomic mass is 16.5. The van der Waals surface area contributed by atoms with Crippen LogP contribution in [-0.2, 0) is 6.54 Å². The minimum atomic E-state index is 0.317. The third kappa shape index (κ3) is 3.73. The van der Waals surface area contributed by atoms with Crippen molar-refractivity contribution >= 4 is 10.9 Å². The second kappa shape index (κ2) is 7.46. The number of aromatic nitrogens is 1. The van der Waals surface area contributed by atoms with Crippen molar-refractivity contribution in [1.29, 1.82) is 0 Å². The molecule has 134 valence electrons. The zero-order valence-corrected chi connectivity index (χ0v) is 15.6. The van der Waals surface area contributed by atoms with E-state index in [-0.39, 0.29) is 0 Å². The molecular formula is C23H26N2O. The summed E-state index contributed by atoms with van der Waals surface area (Å²) in [6, 6.07) is 17.1. The Morgan fingerprint density at radius 1 is 1.04 bits per heavy atom. The smallest absolute Gasteiger partial charge is 0.122 e. The molecule has 0 amide bonds. The van der Waals surface area contributed by atoms with E-state index in [4.69, 9.17) is 4.74 Å². The van der Waals surface area contributed by atoms with Gasteiger partial charge in [0.15, 0.2) is 0 Å². The van der Waals surface area contributed by atoms with Crippen LogP contribution in [0.5, 0.6) is 5.75 Å². The maximum absolute atomic E-state index is 6.30. The third-order valence-corrected chi connectivity index (χ3v) is 5.28. The lowest BCUT2D eigenvalue weighted by molar-refractivity contribution is 0.0964. The first-order valence-corrected chi connectivity index (χ1v) is 9.48. The topological polar surface area (TPSA) is 25.4 Å². The first kappa shape index (κ1) is 17.0. The number of benzene rings is 2. The van der Waals surface area contributed by atoms with Gasteiger partial charge in [-0.2, -0.15) is 0 Å². The molecule has 1 aromatic heterocycles. The number of aryl methyl sites for hydroxylation is 2. The SMILES string of the molecule is Cc1ccc(C)c(OC2CCN(Cc3cccc4cccnc34)CC2)c1. The predicted octanol–water partition coefficient (Wildman–Crippen LogP) is 4.90. The molecular weight excluding hydrogens is 320 g/mol. The number of fused-ring (bicyclic) bond motifs is 1. The Bertz CT molecular complexity index is 892. The van der Waals surface area contributed by atoms with E-state index in [1.165, 1.54) is 22.1 Å². The Morgan fingerprint density at radius 2 is 1.85 bits per heavy atom. The van der Waals surface area contributed by atoms with Gasteiger partial charge in [0, 0.05) is 31.2 Å². The van der Waals surface area contributed by atoms with Gasteiger partial charge in [-0.3, -0.25) is 9.88 Å². The third-order valence-electron chi connectivity index (χ3n) is 5.28. The van der Waals surface area contributed by atoms with Gasteiger partial charge in [0.25, 0.3) is 0 Å². The van der Waals surface area contributed by atoms with Gasteiger partial charge in [-0.1, -0.05) is 36.4 Å². The van der Waals surface area contributed by atoms with Crippen molar-refractivity contribution in [3.63, 3.8) is 0 Å². The van der Waals surface area contributed by atoms with Crippen LogP contribution >= 0.6 is 0 Å². The molecule has 1 aliphatic heterocycles. The molecule has 1 fully saturated rings. The molecule has 26 heavy (non-hydrogen) atoms. The summed E-state index contributed by atoms with van der Waals surface area (Å²) in [6.07, 6.45) is 4.35. The van der Waals surface area contributed by atoms with Crippen LogP contribution in [0.4, 0.5) is 0 Å². The fraction of sp³-hybridized carbons (Fsp3) is 0.348. The summed E-state index contributed by atoms with van der Waals surface area (Å²) in [5.41, 5.74) is 4.92. The minimum absolute atomic E-state index is 0.317. The summed E-state index contributed by atoms with van der Waals surface area (Å²) in [5, 5.41) is 1.22. The molecule has 0 aliphatic carbocycles. The van der Waals surface area contributed by atoms with Crippen molar-refractivity contribution in [1.82, 2.24) is 9.88 Å². The molecule has 2 aromatic carbocycles. The first-order chi connectivity index (χ1) is 12.7. The van der Waals surface area contributed by atoms with Crippen molar-refractivity contribution in [2.45, 2.75) is 39.3 Å². The number of ether oxygens (including phenoxy) is 1. The molecule has 0 atom stereocenters. The molecule has 0 radical (unpaired) electrons. The molecule has 1 aliphatic rings. The average molecular weight is 346 g/mol. The highest BCUT2D eigenvalue weighted by molar-refractivity contribution is 5.81. The van der Waals surface area contributed by atoms with Crippen LogP contribution in [0.25, 0.3) is 10.9 Å². The normalized spacial score (nSPS) is 16.1. The van der Waals surface area contributed by atoms with E-state index in [0.717, 1.165) is 43.7 Å². The number of rotatable bonds is 4. The Labute approximate surface area is 155 Å². The number of nitrogens with zero attached hydrogens (tertiary/aromatic N) is 2. The number of likely N-dealkylation sites (tertiary alicyclic amines) is 1. The van der Waals surface area contributed by atoms with Gasteiger partial charge in [-0.15, -0.1) is 0 Å². The van der Waals surface area contributed by atoms with Crippen LogP contribution in [0, 0.1) is 13.8 Å². The maximum atomic E-state index is 6.30. The monoisotopic (exact) mass is 346 g/mol. The number of pyridine rings is 1. The number of piperidine rings is 1.